The Kier molecular flexibility index (Phi) is 1.92. The van der Waals surface area contributed by atoms with Gasteiger partial charge in [-0.15, -0.1) is 0 Å². The van der Waals surface area contributed by atoms with Gasteiger partial charge in [-0.1, -0.05) is 12.1 Å². The molecule has 72 valence electrons. The Balaban J connectivity index is 2.40. The molecular formula is C9H8N2O3. The Labute approximate surface area is 80.1 Å². The Hall–Kier alpha value is -1.91. The van der Waals surface area contributed by atoms with Crippen LogP contribution in [-0.4, -0.2) is 28.8 Å². The van der Waals surface area contributed by atoms with Crippen molar-refractivity contribution in [2.75, 3.05) is 13.1 Å². The van der Waals surface area contributed by atoms with Gasteiger partial charge in [0.1, 0.15) is 5.56 Å². The van der Waals surface area contributed by atoms with E-state index >= 15 is 0 Å². The fraction of sp³-hybridized carbons (Fsp3) is 0.222. The maximum atomic E-state index is 11.6. The first-order valence-electron chi connectivity index (χ1n) is 4.23. The molecule has 1 saturated heterocycles. The molecule has 0 saturated carbocycles. The van der Waals surface area contributed by atoms with E-state index in [1.165, 1.54) is 12.1 Å². The molecule has 14 heavy (non-hydrogen) atoms. The Morgan fingerprint density at radius 1 is 1.36 bits per heavy atom. The number of rotatable bonds is 2. The molecule has 0 aliphatic carbocycles. The lowest BCUT2D eigenvalue weighted by Crippen LogP contribution is -2.12. The summed E-state index contributed by atoms with van der Waals surface area (Å²) in [7, 11) is 0. The summed E-state index contributed by atoms with van der Waals surface area (Å²) in [5.74, 6) is -0.252. The van der Waals surface area contributed by atoms with E-state index in [2.05, 4.69) is 0 Å². The highest BCUT2D eigenvalue weighted by Crippen LogP contribution is 2.21. The predicted octanol–water partition coefficient (Wildman–Crippen LogP) is 1.05. The minimum Gasteiger partial charge on any atom is -0.335 e. The maximum absolute atomic E-state index is 11.6. The minimum atomic E-state index is -0.531. The van der Waals surface area contributed by atoms with E-state index < -0.39 is 4.92 Å². The number of hydrogen-bond donors (Lipinski definition) is 0. The average molecular weight is 192 g/mol. The third-order valence-corrected chi connectivity index (χ3v) is 2.07. The van der Waals surface area contributed by atoms with Crippen LogP contribution in [0.1, 0.15) is 10.4 Å². The number of nitro benzene ring substituents is 1. The second-order valence-electron chi connectivity index (χ2n) is 3.07. The maximum Gasteiger partial charge on any atom is 0.282 e. The van der Waals surface area contributed by atoms with Gasteiger partial charge in [0, 0.05) is 19.2 Å². The van der Waals surface area contributed by atoms with Crippen molar-refractivity contribution < 1.29 is 9.72 Å². The van der Waals surface area contributed by atoms with Gasteiger partial charge in [0.15, 0.2) is 0 Å². The number of carbonyl (C=O) groups excluding carboxylic acids is 1. The average Bonchev–Trinajstić information content (AvgIpc) is 3.00. The molecule has 0 bridgehead atoms. The number of amides is 1. The van der Waals surface area contributed by atoms with Crippen LogP contribution in [0, 0.1) is 10.1 Å². The second-order valence-corrected chi connectivity index (χ2v) is 3.07. The topological polar surface area (TPSA) is 63.2 Å². The van der Waals surface area contributed by atoms with Crippen molar-refractivity contribution in [1.82, 2.24) is 4.90 Å². The highest BCUT2D eigenvalue weighted by Gasteiger charge is 2.29. The summed E-state index contributed by atoms with van der Waals surface area (Å²) in [4.78, 5) is 23.2. The molecule has 1 amide bonds. The van der Waals surface area contributed by atoms with Crippen LogP contribution in [-0.2, 0) is 0 Å². The molecule has 2 rings (SSSR count). The summed E-state index contributed by atoms with van der Waals surface area (Å²) < 4.78 is 0. The van der Waals surface area contributed by atoms with Crippen LogP contribution in [0.25, 0.3) is 0 Å². The third kappa shape index (κ3) is 1.44. The number of carbonyl (C=O) groups is 1. The molecule has 0 unspecified atom stereocenters. The molecule has 0 spiro atoms. The zero-order chi connectivity index (χ0) is 10.1. The van der Waals surface area contributed by atoms with Gasteiger partial charge < -0.3 is 4.90 Å². The fourth-order valence-electron chi connectivity index (χ4n) is 1.24. The van der Waals surface area contributed by atoms with Crippen LogP contribution < -0.4 is 0 Å². The van der Waals surface area contributed by atoms with Crippen LogP contribution in [0.5, 0.6) is 0 Å². The molecule has 1 heterocycles. The molecule has 0 atom stereocenters. The van der Waals surface area contributed by atoms with Crippen LogP contribution in [0.2, 0.25) is 0 Å². The first kappa shape index (κ1) is 8.68. The largest absolute Gasteiger partial charge is 0.335 e. The van der Waals surface area contributed by atoms with Crippen molar-refractivity contribution >= 4 is 11.6 Å². The molecule has 5 heteroatoms. The van der Waals surface area contributed by atoms with Crippen molar-refractivity contribution in [3.63, 3.8) is 0 Å². The second kappa shape index (κ2) is 3.10. The van der Waals surface area contributed by atoms with E-state index in [1.54, 1.807) is 17.0 Å². The van der Waals surface area contributed by atoms with Crippen molar-refractivity contribution in [2.24, 2.45) is 0 Å². The van der Waals surface area contributed by atoms with E-state index in [4.69, 9.17) is 0 Å². The van der Waals surface area contributed by atoms with Gasteiger partial charge in [0.2, 0.25) is 0 Å². The number of benzene rings is 1. The normalized spacial score (nSPS) is 13.9. The molecule has 1 aliphatic heterocycles. The number of nitrogens with zero attached hydrogens (tertiary/aromatic N) is 2. The van der Waals surface area contributed by atoms with Crippen LogP contribution in [0.15, 0.2) is 24.3 Å². The molecule has 1 aromatic carbocycles. The van der Waals surface area contributed by atoms with E-state index in [1.807, 2.05) is 0 Å². The van der Waals surface area contributed by atoms with Gasteiger partial charge in [-0.25, -0.2) is 0 Å². The van der Waals surface area contributed by atoms with Crippen molar-refractivity contribution in [3.05, 3.63) is 39.9 Å². The summed E-state index contributed by atoms with van der Waals surface area (Å²) in [6.07, 6.45) is 0. The SMILES string of the molecule is O=C(c1ccccc1[N+](=O)[O-])N1CC1. The molecular weight excluding hydrogens is 184 g/mol. The lowest BCUT2D eigenvalue weighted by atomic mass is 10.1. The molecule has 1 fully saturated rings. The molecule has 1 aromatic rings. The lowest BCUT2D eigenvalue weighted by Gasteiger charge is -2.01. The monoisotopic (exact) mass is 192 g/mol. The fourth-order valence-corrected chi connectivity index (χ4v) is 1.24. The van der Waals surface area contributed by atoms with Gasteiger partial charge in [-0.3, -0.25) is 14.9 Å². The molecule has 0 N–H and O–H groups in total. The number of nitro groups is 1. The van der Waals surface area contributed by atoms with Crippen LogP contribution in [0.4, 0.5) is 5.69 Å². The zero-order valence-corrected chi connectivity index (χ0v) is 7.34. The first-order chi connectivity index (χ1) is 6.70. The third-order valence-electron chi connectivity index (χ3n) is 2.07. The highest BCUT2D eigenvalue weighted by molar-refractivity contribution is 5.99. The first-order valence-corrected chi connectivity index (χ1v) is 4.23. The summed E-state index contributed by atoms with van der Waals surface area (Å²) in [5, 5.41) is 10.6. The number of para-hydroxylation sites is 1. The quantitative estimate of drug-likeness (QED) is 0.399. The van der Waals surface area contributed by atoms with E-state index in [9.17, 15) is 14.9 Å². The van der Waals surface area contributed by atoms with Crippen molar-refractivity contribution in [3.8, 4) is 0 Å². The van der Waals surface area contributed by atoms with Crippen LogP contribution >= 0.6 is 0 Å². The van der Waals surface area contributed by atoms with Gasteiger partial charge >= 0.3 is 0 Å². The standard InChI is InChI=1S/C9H8N2O3/c12-9(10-5-6-10)7-3-1-2-4-8(7)11(13)14/h1-4H,5-6H2. The minimum absolute atomic E-state index is 0.121. The zero-order valence-electron chi connectivity index (χ0n) is 7.34. The van der Waals surface area contributed by atoms with Gasteiger partial charge in [0.05, 0.1) is 4.92 Å². The smallest absolute Gasteiger partial charge is 0.282 e. The molecule has 0 radical (unpaired) electrons. The predicted molar refractivity (Wildman–Crippen MR) is 49.0 cm³/mol. The Morgan fingerprint density at radius 3 is 2.57 bits per heavy atom. The lowest BCUT2D eigenvalue weighted by molar-refractivity contribution is -0.385. The van der Waals surface area contributed by atoms with E-state index in [0.29, 0.717) is 13.1 Å². The van der Waals surface area contributed by atoms with Gasteiger partial charge in [0.25, 0.3) is 11.6 Å². The number of hydrogen-bond acceptors (Lipinski definition) is 3. The van der Waals surface area contributed by atoms with Crippen LogP contribution in [0.3, 0.4) is 0 Å². The highest BCUT2D eigenvalue weighted by atomic mass is 16.6. The van der Waals surface area contributed by atoms with Gasteiger partial charge in [-0.2, -0.15) is 0 Å². The molecule has 1 aliphatic rings. The van der Waals surface area contributed by atoms with E-state index in [0.717, 1.165) is 0 Å². The summed E-state index contributed by atoms with van der Waals surface area (Å²) in [6.45, 7) is 1.40. The summed E-state index contributed by atoms with van der Waals surface area (Å²) in [6, 6.07) is 6.01. The summed E-state index contributed by atoms with van der Waals surface area (Å²) >= 11 is 0. The molecule has 0 aromatic heterocycles. The van der Waals surface area contributed by atoms with E-state index in [-0.39, 0.29) is 17.2 Å². The van der Waals surface area contributed by atoms with Crippen molar-refractivity contribution in [1.29, 1.82) is 0 Å². The Bertz CT molecular complexity index is 399. The molecule has 5 nitrogen and oxygen atoms in total. The van der Waals surface area contributed by atoms with Gasteiger partial charge in [-0.05, 0) is 6.07 Å². The Morgan fingerprint density at radius 2 is 2.00 bits per heavy atom. The van der Waals surface area contributed by atoms with Crippen molar-refractivity contribution in [2.45, 2.75) is 0 Å². The summed E-state index contributed by atoms with van der Waals surface area (Å²) in [5.41, 5.74) is 0.0550.